The van der Waals surface area contributed by atoms with Crippen molar-refractivity contribution in [3.05, 3.63) is 66.0 Å². The molecule has 7 nitrogen and oxygen atoms in total. The highest BCUT2D eigenvalue weighted by molar-refractivity contribution is 5.51. The van der Waals surface area contributed by atoms with E-state index in [1.165, 1.54) is 18.0 Å². The molecular weight excluding hydrogens is 347 g/mol. The average molecular weight is 368 g/mol. The molecule has 140 valence electrons. The number of nitrogens with zero attached hydrogens (tertiary/aromatic N) is 5. The molecule has 0 unspecified atom stereocenters. The van der Waals surface area contributed by atoms with E-state index >= 15 is 0 Å². The van der Waals surface area contributed by atoms with Gasteiger partial charge in [-0.05, 0) is 30.3 Å². The second kappa shape index (κ2) is 7.81. The van der Waals surface area contributed by atoms with Gasteiger partial charge in [0.15, 0.2) is 0 Å². The number of aryl methyl sites for hydroxylation is 1. The van der Waals surface area contributed by atoms with Crippen molar-refractivity contribution in [2.24, 2.45) is 7.05 Å². The van der Waals surface area contributed by atoms with E-state index in [1.807, 2.05) is 42.2 Å². The Kier molecular flexibility index (Phi) is 5.08. The third-order valence-electron chi connectivity index (χ3n) is 4.54. The van der Waals surface area contributed by atoms with Crippen LogP contribution in [0.3, 0.4) is 0 Å². The number of anilines is 2. The average Bonchev–Trinajstić information content (AvgIpc) is 3.09. The first kappa shape index (κ1) is 17.6. The van der Waals surface area contributed by atoms with Gasteiger partial charge < -0.3 is 10.1 Å². The van der Waals surface area contributed by atoms with Crippen molar-refractivity contribution in [3.63, 3.8) is 0 Å². The molecule has 3 aromatic heterocycles. The molecule has 0 bridgehead atoms. The van der Waals surface area contributed by atoms with E-state index in [-0.39, 0.29) is 11.9 Å². The number of rotatable bonds is 5. The lowest BCUT2D eigenvalue weighted by Crippen LogP contribution is -2.38. The Morgan fingerprint density at radius 1 is 1.22 bits per heavy atom. The summed E-state index contributed by atoms with van der Waals surface area (Å²) in [6.45, 7) is 3.12. The first-order valence-corrected chi connectivity index (χ1v) is 8.84. The Morgan fingerprint density at radius 3 is 2.93 bits per heavy atom. The van der Waals surface area contributed by atoms with Crippen LogP contribution in [0.4, 0.5) is 16.0 Å². The van der Waals surface area contributed by atoms with Crippen LogP contribution in [-0.4, -0.2) is 44.3 Å². The Morgan fingerprint density at radius 2 is 2.15 bits per heavy atom. The zero-order valence-electron chi connectivity index (χ0n) is 15.0. The molecule has 0 radical (unpaired) electrons. The SMILES string of the molecule is Cn1nccc1CN1CCO[C@H](c2cccc(Nc3ccc(F)cn3)n2)C1. The molecular formula is C19H21FN6O. The van der Waals surface area contributed by atoms with Gasteiger partial charge in [-0.1, -0.05) is 6.07 Å². The van der Waals surface area contributed by atoms with E-state index in [9.17, 15) is 4.39 Å². The molecule has 1 aliphatic heterocycles. The van der Waals surface area contributed by atoms with Crippen molar-refractivity contribution in [3.8, 4) is 0 Å². The van der Waals surface area contributed by atoms with Gasteiger partial charge in [-0.3, -0.25) is 9.58 Å². The first-order chi connectivity index (χ1) is 13.2. The van der Waals surface area contributed by atoms with Crippen LogP contribution < -0.4 is 5.32 Å². The molecule has 4 rings (SSSR count). The summed E-state index contributed by atoms with van der Waals surface area (Å²) in [5, 5.41) is 7.32. The van der Waals surface area contributed by atoms with E-state index in [2.05, 4.69) is 25.3 Å². The summed E-state index contributed by atoms with van der Waals surface area (Å²) in [4.78, 5) is 11.0. The van der Waals surface area contributed by atoms with Crippen LogP contribution >= 0.6 is 0 Å². The Hall–Kier alpha value is -2.84. The summed E-state index contributed by atoms with van der Waals surface area (Å²) in [5.74, 6) is 0.828. The summed E-state index contributed by atoms with van der Waals surface area (Å²) in [6, 6.07) is 10.7. The highest BCUT2D eigenvalue weighted by Crippen LogP contribution is 2.23. The maximum atomic E-state index is 13.0. The molecule has 1 saturated heterocycles. The van der Waals surface area contributed by atoms with E-state index in [0.29, 0.717) is 18.2 Å². The maximum absolute atomic E-state index is 13.0. The van der Waals surface area contributed by atoms with Crippen LogP contribution in [-0.2, 0) is 18.3 Å². The molecule has 1 atom stereocenters. The van der Waals surface area contributed by atoms with Crippen molar-refractivity contribution in [2.75, 3.05) is 25.0 Å². The van der Waals surface area contributed by atoms with E-state index in [0.717, 1.165) is 25.3 Å². The maximum Gasteiger partial charge on any atom is 0.141 e. The zero-order valence-corrected chi connectivity index (χ0v) is 15.0. The standard InChI is InChI=1S/C19H21FN6O/c1-25-15(7-8-22-25)12-26-9-10-27-17(13-26)16-3-2-4-19(23-16)24-18-6-5-14(20)11-21-18/h2-8,11,17H,9-10,12-13H2,1H3,(H,21,23,24)/t17-/m0/s1. The number of aromatic nitrogens is 4. The number of halogens is 1. The molecule has 4 heterocycles. The van der Waals surface area contributed by atoms with Gasteiger partial charge in [-0.2, -0.15) is 5.10 Å². The van der Waals surface area contributed by atoms with Gasteiger partial charge in [-0.25, -0.2) is 14.4 Å². The van der Waals surface area contributed by atoms with Gasteiger partial charge in [0.25, 0.3) is 0 Å². The number of nitrogens with one attached hydrogen (secondary N) is 1. The Labute approximate surface area is 156 Å². The quantitative estimate of drug-likeness (QED) is 0.747. The van der Waals surface area contributed by atoms with Crippen LogP contribution in [0.5, 0.6) is 0 Å². The van der Waals surface area contributed by atoms with Crippen molar-refractivity contribution in [2.45, 2.75) is 12.6 Å². The van der Waals surface area contributed by atoms with Crippen molar-refractivity contribution in [1.29, 1.82) is 0 Å². The molecule has 0 aromatic carbocycles. The van der Waals surface area contributed by atoms with Crippen LogP contribution in [0.1, 0.15) is 17.5 Å². The van der Waals surface area contributed by atoms with E-state index < -0.39 is 0 Å². The minimum atomic E-state index is -0.369. The summed E-state index contributed by atoms with van der Waals surface area (Å²) < 4.78 is 20.8. The molecule has 1 fully saturated rings. The molecule has 1 N–H and O–H groups in total. The molecule has 3 aromatic rings. The third-order valence-corrected chi connectivity index (χ3v) is 4.54. The number of hydrogen-bond acceptors (Lipinski definition) is 6. The predicted octanol–water partition coefficient (Wildman–Crippen LogP) is 2.67. The van der Waals surface area contributed by atoms with Gasteiger partial charge in [0.1, 0.15) is 23.6 Å². The Bertz CT molecular complexity index is 897. The van der Waals surface area contributed by atoms with Gasteiger partial charge >= 0.3 is 0 Å². The normalized spacial score (nSPS) is 17.8. The fourth-order valence-corrected chi connectivity index (χ4v) is 3.09. The predicted molar refractivity (Wildman–Crippen MR) is 98.9 cm³/mol. The first-order valence-electron chi connectivity index (χ1n) is 8.84. The minimum absolute atomic E-state index is 0.102. The lowest BCUT2D eigenvalue weighted by molar-refractivity contribution is -0.0355. The van der Waals surface area contributed by atoms with Gasteiger partial charge in [0.05, 0.1) is 24.2 Å². The molecule has 27 heavy (non-hydrogen) atoms. The molecule has 0 amide bonds. The summed E-state index contributed by atoms with van der Waals surface area (Å²) in [5.41, 5.74) is 2.03. The second-order valence-corrected chi connectivity index (χ2v) is 6.48. The summed E-state index contributed by atoms with van der Waals surface area (Å²) >= 11 is 0. The largest absolute Gasteiger partial charge is 0.369 e. The van der Waals surface area contributed by atoms with Gasteiger partial charge in [0.2, 0.25) is 0 Å². The number of ether oxygens (including phenoxy) is 1. The van der Waals surface area contributed by atoms with Crippen molar-refractivity contribution in [1.82, 2.24) is 24.6 Å². The number of pyridine rings is 2. The molecule has 0 spiro atoms. The van der Waals surface area contributed by atoms with E-state index in [1.54, 1.807) is 6.07 Å². The smallest absolute Gasteiger partial charge is 0.141 e. The Balaban J connectivity index is 1.44. The third kappa shape index (κ3) is 4.29. The van der Waals surface area contributed by atoms with Gasteiger partial charge in [0, 0.05) is 32.9 Å². The number of hydrogen-bond donors (Lipinski definition) is 1. The van der Waals surface area contributed by atoms with Crippen molar-refractivity contribution >= 4 is 11.6 Å². The minimum Gasteiger partial charge on any atom is -0.369 e. The van der Waals surface area contributed by atoms with Gasteiger partial charge in [-0.15, -0.1) is 0 Å². The topological polar surface area (TPSA) is 68.1 Å². The van der Waals surface area contributed by atoms with Crippen molar-refractivity contribution < 1.29 is 9.13 Å². The number of morpholine rings is 1. The molecule has 8 heteroatoms. The highest BCUT2D eigenvalue weighted by atomic mass is 19.1. The lowest BCUT2D eigenvalue weighted by atomic mass is 10.2. The van der Waals surface area contributed by atoms with E-state index in [4.69, 9.17) is 4.74 Å². The molecule has 1 aliphatic rings. The molecule has 0 saturated carbocycles. The fourth-order valence-electron chi connectivity index (χ4n) is 3.09. The van der Waals surface area contributed by atoms with Crippen LogP contribution in [0, 0.1) is 5.82 Å². The zero-order chi connectivity index (χ0) is 18.6. The lowest BCUT2D eigenvalue weighted by Gasteiger charge is -2.32. The second-order valence-electron chi connectivity index (χ2n) is 6.48. The van der Waals surface area contributed by atoms with Crippen LogP contribution in [0.15, 0.2) is 48.8 Å². The highest BCUT2D eigenvalue weighted by Gasteiger charge is 2.24. The summed E-state index contributed by atoms with van der Waals surface area (Å²) in [6.07, 6.45) is 2.88. The fraction of sp³-hybridized carbons (Fsp3) is 0.316. The summed E-state index contributed by atoms with van der Waals surface area (Å²) in [7, 11) is 1.95. The molecule has 0 aliphatic carbocycles. The van der Waals surface area contributed by atoms with Crippen LogP contribution in [0.2, 0.25) is 0 Å². The van der Waals surface area contributed by atoms with Crippen LogP contribution in [0.25, 0.3) is 0 Å². The monoisotopic (exact) mass is 368 g/mol.